The lowest BCUT2D eigenvalue weighted by Crippen LogP contribution is -2.34. The SMILES string of the molecule is COOSCCN1CCC(c2ccc(Nc3nccc(-c4c(-c5ccc(OC)c(C(=O)Nc6c(F)cccc6F)c5)nc5ccccn45)n3)c(OC)c2)CC1. The van der Waals surface area contributed by atoms with Crippen molar-refractivity contribution in [3.63, 3.8) is 0 Å². The monoisotopic (exact) mass is 767 g/mol. The number of carbonyl (C=O) groups excluding carboxylic acids is 1. The molecule has 1 fully saturated rings. The second-order valence-electron chi connectivity index (χ2n) is 12.7. The molecule has 7 rings (SSSR count). The average Bonchev–Trinajstić information content (AvgIpc) is 3.61. The number of methoxy groups -OCH3 is 2. The van der Waals surface area contributed by atoms with E-state index in [9.17, 15) is 13.6 Å². The lowest BCUT2D eigenvalue weighted by molar-refractivity contribution is -0.160. The number of likely N-dealkylation sites (tertiary alicyclic amines) is 1. The second kappa shape index (κ2) is 17.2. The number of piperidine rings is 1. The predicted molar refractivity (Wildman–Crippen MR) is 208 cm³/mol. The normalized spacial score (nSPS) is 13.5. The molecule has 284 valence electrons. The molecule has 15 heteroatoms. The molecule has 0 saturated carbocycles. The summed E-state index contributed by atoms with van der Waals surface area (Å²) in [5.74, 6) is -0.0596. The number of amides is 1. The number of fused-ring (bicyclic) bond motifs is 1. The van der Waals surface area contributed by atoms with Gasteiger partial charge in [-0.15, -0.1) is 0 Å². The first kappa shape index (κ1) is 37.7. The first-order valence-corrected chi connectivity index (χ1v) is 18.5. The number of nitrogens with one attached hydrogen (secondary N) is 2. The zero-order valence-electron chi connectivity index (χ0n) is 30.4. The fourth-order valence-electron chi connectivity index (χ4n) is 6.75. The van der Waals surface area contributed by atoms with Gasteiger partial charge in [0, 0.05) is 42.3 Å². The number of rotatable bonds is 14. The van der Waals surface area contributed by atoms with Crippen LogP contribution in [0.25, 0.3) is 28.3 Å². The quantitative estimate of drug-likeness (QED) is 0.0483. The van der Waals surface area contributed by atoms with E-state index < -0.39 is 23.2 Å². The van der Waals surface area contributed by atoms with Crippen LogP contribution in [-0.4, -0.2) is 76.9 Å². The number of nitrogens with zero attached hydrogens (tertiary/aromatic N) is 5. The summed E-state index contributed by atoms with van der Waals surface area (Å²) in [6.45, 7) is 2.95. The van der Waals surface area contributed by atoms with Gasteiger partial charge in [0.1, 0.15) is 34.5 Å². The molecule has 2 N–H and O–H groups in total. The molecule has 0 radical (unpaired) electrons. The number of pyridine rings is 1. The van der Waals surface area contributed by atoms with Crippen LogP contribution in [0.2, 0.25) is 0 Å². The van der Waals surface area contributed by atoms with Crippen molar-refractivity contribution in [2.75, 3.05) is 57.4 Å². The van der Waals surface area contributed by atoms with Crippen molar-refractivity contribution in [3.05, 3.63) is 114 Å². The molecular formula is C40H39F2N7O5S. The molecule has 3 aromatic carbocycles. The van der Waals surface area contributed by atoms with E-state index in [0.29, 0.717) is 51.6 Å². The number of carbonyl (C=O) groups is 1. The maximum atomic E-state index is 14.4. The lowest BCUT2D eigenvalue weighted by Gasteiger charge is -2.32. The molecule has 1 amide bonds. The number of benzene rings is 3. The molecular weight excluding hydrogens is 729 g/mol. The predicted octanol–water partition coefficient (Wildman–Crippen LogP) is 8.16. The van der Waals surface area contributed by atoms with Crippen molar-refractivity contribution in [2.45, 2.75) is 18.8 Å². The van der Waals surface area contributed by atoms with Crippen molar-refractivity contribution in [2.24, 2.45) is 0 Å². The molecule has 3 aromatic heterocycles. The summed E-state index contributed by atoms with van der Waals surface area (Å²) in [6.07, 6.45) is 5.61. The van der Waals surface area contributed by atoms with Gasteiger partial charge in [-0.3, -0.25) is 9.20 Å². The molecule has 0 atom stereocenters. The Balaban J connectivity index is 1.15. The Morgan fingerprint density at radius 3 is 2.47 bits per heavy atom. The number of para-hydroxylation sites is 1. The van der Waals surface area contributed by atoms with Gasteiger partial charge >= 0.3 is 0 Å². The number of anilines is 3. The van der Waals surface area contributed by atoms with Crippen molar-refractivity contribution in [1.82, 2.24) is 24.3 Å². The third-order valence-corrected chi connectivity index (χ3v) is 10.1. The van der Waals surface area contributed by atoms with Crippen LogP contribution in [0.15, 0.2) is 91.3 Å². The van der Waals surface area contributed by atoms with Crippen molar-refractivity contribution in [3.8, 4) is 34.1 Å². The molecule has 12 nitrogen and oxygen atoms in total. The molecule has 0 bridgehead atoms. The van der Waals surface area contributed by atoms with Gasteiger partial charge in [0.15, 0.2) is 0 Å². The van der Waals surface area contributed by atoms with Gasteiger partial charge in [-0.05, 0) is 98.1 Å². The number of halogens is 2. The smallest absolute Gasteiger partial charge is 0.259 e. The van der Waals surface area contributed by atoms with Gasteiger partial charge < -0.3 is 25.0 Å². The van der Waals surface area contributed by atoms with E-state index in [4.69, 9.17) is 23.8 Å². The highest BCUT2D eigenvalue weighted by Crippen LogP contribution is 2.37. The van der Waals surface area contributed by atoms with Crippen molar-refractivity contribution < 1.29 is 32.3 Å². The fourth-order valence-corrected chi connectivity index (χ4v) is 7.24. The Morgan fingerprint density at radius 1 is 0.909 bits per heavy atom. The van der Waals surface area contributed by atoms with Gasteiger partial charge in [-0.1, -0.05) is 18.2 Å². The van der Waals surface area contributed by atoms with E-state index in [2.05, 4.69) is 37.5 Å². The number of imidazole rings is 1. The molecule has 0 spiro atoms. The number of hydrogen-bond donors (Lipinski definition) is 2. The highest BCUT2D eigenvalue weighted by atomic mass is 32.2. The molecule has 6 aromatic rings. The summed E-state index contributed by atoms with van der Waals surface area (Å²) in [5, 5.41) is 5.69. The van der Waals surface area contributed by atoms with Crippen LogP contribution < -0.4 is 20.1 Å². The molecule has 1 aliphatic rings. The Labute approximate surface area is 321 Å². The summed E-state index contributed by atoms with van der Waals surface area (Å²) < 4.78 is 47.0. The Kier molecular flexibility index (Phi) is 11.8. The van der Waals surface area contributed by atoms with E-state index >= 15 is 0 Å². The Hall–Kier alpha value is -5.61. The first-order valence-electron chi connectivity index (χ1n) is 17.6. The van der Waals surface area contributed by atoms with E-state index in [1.165, 1.54) is 37.9 Å². The van der Waals surface area contributed by atoms with Crippen LogP contribution in [0.1, 0.15) is 34.7 Å². The largest absolute Gasteiger partial charge is 0.496 e. The third-order valence-electron chi connectivity index (χ3n) is 9.48. The van der Waals surface area contributed by atoms with Gasteiger partial charge in [0.05, 0.1) is 49.7 Å². The van der Waals surface area contributed by atoms with Crippen LogP contribution >= 0.6 is 12.0 Å². The lowest BCUT2D eigenvalue weighted by atomic mass is 9.89. The molecule has 55 heavy (non-hydrogen) atoms. The maximum Gasteiger partial charge on any atom is 0.259 e. The second-order valence-corrected chi connectivity index (χ2v) is 13.5. The van der Waals surface area contributed by atoms with Crippen LogP contribution in [0, 0.1) is 11.6 Å². The summed E-state index contributed by atoms with van der Waals surface area (Å²) in [4.78, 5) is 34.9. The van der Waals surface area contributed by atoms with E-state index in [1.807, 2.05) is 34.9 Å². The minimum Gasteiger partial charge on any atom is -0.496 e. The average molecular weight is 768 g/mol. The van der Waals surface area contributed by atoms with Gasteiger partial charge in [-0.2, -0.15) is 4.33 Å². The molecule has 0 aliphatic carbocycles. The van der Waals surface area contributed by atoms with Crippen LogP contribution in [0.3, 0.4) is 0 Å². The van der Waals surface area contributed by atoms with Crippen molar-refractivity contribution >= 4 is 40.9 Å². The molecule has 1 saturated heterocycles. The van der Waals surface area contributed by atoms with E-state index in [1.54, 1.807) is 37.6 Å². The van der Waals surface area contributed by atoms with Crippen LogP contribution in [-0.2, 0) is 9.22 Å². The highest BCUT2D eigenvalue weighted by Gasteiger charge is 2.24. The summed E-state index contributed by atoms with van der Waals surface area (Å²) in [6, 6.07) is 21.9. The summed E-state index contributed by atoms with van der Waals surface area (Å²) in [7, 11) is 4.56. The van der Waals surface area contributed by atoms with Crippen LogP contribution in [0.5, 0.6) is 11.5 Å². The summed E-state index contributed by atoms with van der Waals surface area (Å²) in [5.41, 5.74) is 4.33. The van der Waals surface area contributed by atoms with E-state index in [0.717, 1.165) is 50.4 Å². The number of ether oxygens (including phenoxy) is 2. The minimum atomic E-state index is -0.898. The van der Waals surface area contributed by atoms with Gasteiger partial charge in [0.25, 0.3) is 5.91 Å². The fraction of sp³-hybridized carbons (Fsp3) is 0.250. The Bertz CT molecular complexity index is 2280. The molecule has 1 aliphatic heterocycles. The highest BCUT2D eigenvalue weighted by molar-refractivity contribution is 7.94. The summed E-state index contributed by atoms with van der Waals surface area (Å²) >= 11 is 1.32. The van der Waals surface area contributed by atoms with Gasteiger partial charge in [0.2, 0.25) is 5.95 Å². The topological polar surface area (TPSA) is 124 Å². The number of hydrogen-bond acceptors (Lipinski definition) is 11. The zero-order valence-corrected chi connectivity index (χ0v) is 31.2. The maximum absolute atomic E-state index is 14.4. The standard InChI is InChI=1S/C40H39F2N7O5S/c1-51-33-13-11-27(23-28(33)39(50)47-37-29(41)7-6-8-30(37)42)36-38(49-18-5-4-9-35(49)46-36)32-14-17-43-40(45-32)44-31-12-10-26(24-34(31)52-2)25-15-19-48(20-16-25)21-22-55-54-53-3/h4-14,17-18,23-25H,15-16,19-22H2,1-3H3,(H,47,50)(H,43,44,45). The molecule has 0 unspecified atom stereocenters. The first-order chi connectivity index (χ1) is 26.9. The van der Waals surface area contributed by atoms with Gasteiger partial charge in [-0.25, -0.2) is 28.6 Å². The minimum absolute atomic E-state index is 0.0592. The molecule has 4 heterocycles. The zero-order chi connectivity index (χ0) is 38.3. The van der Waals surface area contributed by atoms with Crippen LogP contribution in [0.4, 0.5) is 26.1 Å². The van der Waals surface area contributed by atoms with E-state index in [-0.39, 0.29) is 11.3 Å². The number of aromatic nitrogens is 4. The van der Waals surface area contributed by atoms with Crippen molar-refractivity contribution in [1.29, 1.82) is 0 Å². The Morgan fingerprint density at radius 2 is 1.71 bits per heavy atom. The third kappa shape index (κ3) is 8.39.